The van der Waals surface area contributed by atoms with E-state index in [4.69, 9.17) is 9.47 Å². The zero-order valence-corrected chi connectivity index (χ0v) is 19.5. The normalized spacial score (nSPS) is 26.2. The van der Waals surface area contributed by atoms with Gasteiger partial charge in [0.2, 0.25) is 0 Å². The molecule has 2 rings (SSSR count). The molecule has 1 N–H and O–H groups in total. The summed E-state index contributed by atoms with van der Waals surface area (Å²) in [4.78, 5) is 29.2. The van der Waals surface area contributed by atoms with Crippen molar-refractivity contribution in [2.75, 3.05) is 19.8 Å². The second kappa shape index (κ2) is 8.61. The largest absolute Gasteiger partial charge is 0.450 e. The van der Waals surface area contributed by atoms with Crippen LogP contribution in [-0.4, -0.2) is 78.7 Å². The summed E-state index contributed by atoms with van der Waals surface area (Å²) in [6.45, 7) is 15.0. The Morgan fingerprint density at radius 1 is 1.18 bits per heavy atom. The third-order valence-electron chi connectivity index (χ3n) is 5.50. The summed E-state index contributed by atoms with van der Waals surface area (Å²) >= 11 is 0. The van der Waals surface area contributed by atoms with E-state index in [0.717, 1.165) is 18.9 Å². The highest BCUT2D eigenvalue weighted by Crippen LogP contribution is 2.38. The molecule has 0 spiro atoms. The van der Waals surface area contributed by atoms with Gasteiger partial charge in [-0.3, -0.25) is 4.90 Å². The molecule has 0 aromatic heterocycles. The van der Waals surface area contributed by atoms with E-state index in [9.17, 15) is 14.7 Å². The Morgan fingerprint density at radius 2 is 1.82 bits per heavy atom. The number of carbonyl (C=O) groups is 2. The Bertz CT molecular complexity index is 572. The maximum absolute atomic E-state index is 12.8. The molecule has 7 nitrogen and oxygen atoms in total. The lowest BCUT2D eigenvalue weighted by Gasteiger charge is -2.48. The average molecular weight is 415 g/mol. The summed E-state index contributed by atoms with van der Waals surface area (Å²) in [5.74, 6) is -0.154. The van der Waals surface area contributed by atoms with Gasteiger partial charge in [-0.2, -0.15) is 0 Å². The van der Waals surface area contributed by atoms with Crippen LogP contribution in [0.15, 0.2) is 0 Å². The van der Waals surface area contributed by atoms with Crippen LogP contribution in [0.1, 0.15) is 40.5 Å². The molecule has 0 aromatic rings. The highest BCUT2D eigenvalue weighted by molar-refractivity contribution is 6.76. The molecule has 8 heteroatoms. The van der Waals surface area contributed by atoms with Crippen LogP contribution in [0, 0.1) is 5.92 Å². The molecule has 2 bridgehead atoms. The van der Waals surface area contributed by atoms with Crippen molar-refractivity contribution in [3.8, 4) is 0 Å². The number of piperazine rings is 1. The van der Waals surface area contributed by atoms with Crippen LogP contribution < -0.4 is 0 Å². The number of amides is 2. The molecule has 2 amide bonds. The topological polar surface area (TPSA) is 79.3 Å². The first-order chi connectivity index (χ1) is 12.8. The minimum Gasteiger partial charge on any atom is -0.450 e. The number of ether oxygens (including phenoxy) is 2. The molecule has 2 heterocycles. The van der Waals surface area contributed by atoms with Gasteiger partial charge in [0.05, 0.1) is 24.7 Å². The number of nitrogens with zero attached hydrogens (tertiary/aromatic N) is 2. The zero-order chi connectivity index (χ0) is 21.3. The van der Waals surface area contributed by atoms with Crippen molar-refractivity contribution in [2.24, 2.45) is 5.92 Å². The molecule has 2 aliphatic heterocycles. The van der Waals surface area contributed by atoms with E-state index in [1.54, 1.807) is 9.80 Å². The van der Waals surface area contributed by atoms with Gasteiger partial charge in [0, 0.05) is 27.1 Å². The van der Waals surface area contributed by atoms with Gasteiger partial charge in [-0.15, -0.1) is 0 Å². The minimum absolute atomic E-state index is 0.0489. The predicted octanol–water partition coefficient (Wildman–Crippen LogP) is 3.54. The van der Waals surface area contributed by atoms with E-state index >= 15 is 0 Å². The fraction of sp³-hybridized carbons (Fsp3) is 0.900. The van der Waals surface area contributed by atoms with Crippen molar-refractivity contribution >= 4 is 20.3 Å². The van der Waals surface area contributed by atoms with Gasteiger partial charge in [-0.25, -0.2) is 9.59 Å². The fourth-order valence-corrected chi connectivity index (χ4v) is 4.81. The van der Waals surface area contributed by atoms with Crippen LogP contribution in [0.3, 0.4) is 0 Å². The van der Waals surface area contributed by atoms with Crippen molar-refractivity contribution in [1.82, 2.24) is 9.80 Å². The van der Waals surface area contributed by atoms with E-state index in [2.05, 4.69) is 19.6 Å². The van der Waals surface area contributed by atoms with Crippen LogP contribution in [0.5, 0.6) is 0 Å². The number of hydrogen-bond acceptors (Lipinski definition) is 5. The Balaban J connectivity index is 2.15. The van der Waals surface area contributed by atoms with Crippen LogP contribution >= 0.6 is 0 Å². The summed E-state index contributed by atoms with van der Waals surface area (Å²) in [6.07, 6.45) is 0.973. The number of aliphatic hydroxyl groups is 1. The quantitative estimate of drug-likeness (QED) is 0.696. The summed E-state index contributed by atoms with van der Waals surface area (Å²) in [5.41, 5.74) is -0.568. The Kier molecular flexibility index (Phi) is 7.07. The molecule has 4 atom stereocenters. The number of likely N-dealkylation sites (tertiary alicyclic amines) is 1. The van der Waals surface area contributed by atoms with Gasteiger partial charge >= 0.3 is 12.2 Å². The number of hydrogen-bond donors (Lipinski definition) is 1. The maximum Gasteiger partial charge on any atom is 0.410 e. The number of rotatable bonds is 5. The first kappa shape index (κ1) is 23.0. The first-order valence-corrected chi connectivity index (χ1v) is 14.1. The van der Waals surface area contributed by atoms with E-state index in [1.165, 1.54) is 0 Å². The molecule has 162 valence electrons. The standard InChI is InChI=1S/C20H38N2O5Si/c1-14(13-23)17-16-9-8-15(22(16)19(25)27-20(2,3)4)12-21(17)18(24)26-10-11-28(5,6)7/h14-17,23H,8-13H2,1-7H3/t14-,15+,16-,17-/m0/s1. The molecule has 0 aromatic carbocycles. The number of aliphatic hydroxyl groups excluding tert-OH is 1. The lowest BCUT2D eigenvalue weighted by molar-refractivity contribution is -0.0364. The molecule has 2 saturated heterocycles. The Labute approximate surface area is 170 Å². The van der Waals surface area contributed by atoms with Gasteiger partial charge in [0.1, 0.15) is 5.60 Å². The second-order valence-electron chi connectivity index (χ2n) is 10.4. The van der Waals surface area contributed by atoms with Crippen LogP contribution in [0.4, 0.5) is 9.59 Å². The lowest BCUT2D eigenvalue weighted by atomic mass is 9.91. The second-order valence-corrected chi connectivity index (χ2v) is 16.0. The Morgan fingerprint density at radius 3 is 2.36 bits per heavy atom. The van der Waals surface area contributed by atoms with Gasteiger partial charge < -0.3 is 19.5 Å². The summed E-state index contributed by atoms with van der Waals surface area (Å²) < 4.78 is 11.2. The number of carbonyl (C=O) groups excluding carboxylic acids is 2. The average Bonchev–Trinajstić information content (AvgIpc) is 2.85. The van der Waals surface area contributed by atoms with Gasteiger partial charge in [0.15, 0.2) is 0 Å². The van der Waals surface area contributed by atoms with Gasteiger partial charge in [0.25, 0.3) is 0 Å². The molecular formula is C20H38N2O5Si. The summed E-state index contributed by atoms with van der Waals surface area (Å²) in [5, 5.41) is 9.80. The molecule has 2 fully saturated rings. The van der Waals surface area contributed by atoms with Crippen molar-refractivity contribution in [3.63, 3.8) is 0 Å². The zero-order valence-electron chi connectivity index (χ0n) is 18.5. The van der Waals surface area contributed by atoms with Crippen molar-refractivity contribution in [1.29, 1.82) is 0 Å². The molecule has 28 heavy (non-hydrogen) atoms. The highest BCUT2D eigenvalue weighted by Gasteiger charge is 2.52. The van der Waals surface area contributed by atoms with E-state index < -0.39 is 13.7 Å². The van der Waals surface area contributed by atoms with Crippen LogP contribution in [0.2, 0.25) is 25.7 Å². The summed E-state index contributed by atoms with van der Waals surface area (Å²) in [7, 11) is -1.29. The molecular weight excluding hydrogens is 376 g/mol. The first-order valence-electron chi connectivity index (χ1n) is 10.4. The molecule has 0 saturated carbocycles. The monoisotopic (exact) mass is 414 g/mol. The van der Waals surface area contributed by atoms with E-state index in [1.807, 2.05) is 27.7 Å². The fourth-order valence-electron chi connectivity index (χ4n) is 4.10. The third-order valence-corrected chi connectivity index (χ3v) is 7.20. The third kappa shape index (κ3) is 5.62. The molecule has 0 unspecified atom stereocenters. The highest BCUT2D eigenvalue weighted by atomic mass is 28.3. The molecule has 2 aliphatic rings. The van der Waals surface area contributed by atoms with E-state index in [0.29, 0.717) is 13.2 Å². The smallest absolute Gasteiger partial charge is 0.410 e. The van der Waals surface area contributed by atoms with Crippen LogP contribution in [-0.2, 0) is 9.47 Å². The summed E-state index contributed by atoms with van der Waals surface area (Å²) in [6, 6.07) is 0.437. The molecule has 0 aliphatic carbocycles. The van der Waals surface area contributed by atoms with Crippen molar-refractivity contribution in [3.05, 3.63) is 0 Å². The van der Waals surface area contributed by atoms with Crippen molar-refractivity contribution < 1.29 is 24.2 Å². The van der Waals surface area contributed by atoms with E-state index in [-0.39, 0.29) is 42.8 Å². The minimum atomic E-state index is -1.29. The Hall–Kier alpha value is -1.28. The van der Waals surface area contributed by atoms with Gasteiger partial charge in [-0.05, 0) is 39.7 Å². The van der Waals surface area contributed by atoms with Gasteiger partial charge in [-0.1, -0.05) is 26.6 Å². The number of fused-ring (bicyclic) bond motifs is 2. The van der Waals surface area contributed by atoms with Crippen LogP contribution in [0.25, 0.3) is 0 Å². The maximum atomic E-state index is 12.8. The SMILES string of the molecule is C[C@@H](CO)[C@H]1[C@@H]2CC[C@H](CN1C(=O)OCC[Si](C)(C)C)N2C(=O)OC(C)(C)C. The lowest BCUT2D eigenvalue weighted by Crippen LogP contribution is -2.65. The molecule has 0 radical (unpaired) electrons. The van der Waals surface area contributed by atoms with Crippen molar-refractivity contribution in [2.45, 2.75) is 89.9 Å². The predicted molar refractivity (Wildman–Crippen MR) is 111 cm³/mol.